The van der Waals surface area contributed by atoms with Crippen molar-refractivity contribution >= 4 is 18.3 Å². The Balaban J connectivity index is 0.00000208. The summed E-state index contributed by atoms with van der Waals surface area (Å²) in [7, 11) is 1.64. The van der Waals surface area contributed by atoms with Crippen LogP contribution in [0.3, 0.4) is 0 Å². The minimum Gasteiger partial charge on any atom is -0.497 e. The van der Waals surface area contributed by atoms with Gasteiger partial charge in [-0.1, -0.05) is 26.0 Å². The standard InChI is InChI=1S/C18H26N2O3.ClH/c1-17(2)15-14(5-4-10-23-15)18(17,19)16(21)20-11-12-6-8-13(22-3)9-7-12;/h6-9,14-15H,4-5,10-11,19H2,1-3H3,(H,20,21);1H. The second-order valence-corrected chi connectivity index (χ2v) is 7.16. The maximum absolute atomic E-state index is 12.8. The summed E-state index contributed by atoms with van der Waals surface area (Å²) in [4.78, 5) is 12.8. The van der Waals surface area contributed by atoms with Crippen LogP contribution < -0.4 is 15.8 Å². The first-order valence-corrected chi connectivity index (χ1v) is 8.23. The number of rotatable bonds is 4. The van der Waals surface area contributed by atoms with Crippen LogP contribution in [0.5, 0.6) is 5.75 Å². The molecule has 1 aliphatic carbocycles. The van der Waals surface area contributed by atoms with Gasteiger partial charge in [-0.25, -0.2) is 0 Å². The van der Waals surface area contributed by atoms with E-state index in [9.17, 15) is 4.79 Å². The lowest BCUT2D eigenvalue weighted by Gasteiger charge is -2.65. The van der Waals surface area contributed by atoms with E-state index in [4.69, 9.17) is 15.2 Å². The molecule has 3 atom stereocenters. The fourth-order valence-electron chi connectivity index (χ4n) is 4.11. The molecular weight excluding hydrogens is 328 g/mol. The lowest BCUT2D eigenvalue weighted by Crippen LogP contribution is -2.82. The van der Waals surface area contributed by atoms with E-state index in [1.54, 1.807) is 7.11 Å². The number of benzene rings is 1. The zero-order valence-electron chi connectivity index (χ0n) is 14.5. The molecule has 134 valence electrons. The van der Waals surface area contributed by atoms with Gasteiger partial charge in [-0.05, 0) is 30.5 Å². The van der Waals surface area contributed by atoms with E-state index >= 15 is 0 Å². The van der Waals surface area contributed by atoms with Crippen LogP contribution in [-0.4, -0.2) is 31.3 Å². The summed E-state index contributed by atoms with van der Waals surface area (Å²) in [6.07, 6.45) is 2.02. The van der Waals surface area contributed by atoms with E-state index in [1.165, 1.54) is 0 Å². The Labute approximate surface area is 149 Å². The second kappa shape index (κ2) is 6.90. The number of halogens is 1. The maximum Gasteiger partial charge on any atom is 0.241 e. The summed E-state index contributed by atoms with van der Waals surface area (Å²) in [5.41, 5.74) is 6.40. The van der Waals surface area contributed by atoms with Crippen molar-refractivity contribution in [1.29, 1.82) is 0 Å². The van der Waals surface area contributed by atoms with Gasteiger partial charge in [0.05, 0.1) is 13.2 Å². The first kappa shape index (κ1) is 19.0. The number of fused-ring (bicyclic) bond motifs is 1. The van der Waals surface area contributed by atoms with Crippen LogP contribution in [0.1, 0.15) is 32.3 Å². The van der Waals surface area contributed by atoms with Gasteiger partial charge in [0, 0.05) is 24.5 Å². The smallest absolute Gasteiger partial charge is 0.241 e. The number of amides is 1. The Morgan fingerprint density at radius 3 is 2.67 bits per heavy atom. The summed E-state index contributed by atoms with van der Waals surface area (Å²) in [6, 6.07) is 7.66. The number of carbonyl (C=O) groups is 1. The number of hydrogen-bond donors (Lipinski definition) is 2. The molecule has 1 aliphatic heterocycles. The first-order chi connectivity index (χ1) is 10.9. The van der Waals surface area contributed by atoms with Crippen molar-refractivity contribution in [1.82, 2.24) is 5.32 Å². The first-order valence-electron chi connectivity index (χ1n) is 8.23. The van der Waals surface area contributed by atoms with Crippen LogP contribution >= 0.6 is 12.4 Å². The molecule has 0 aromatic heterocycles. The van der Waals surface area contributed by atoms with Gasteiger partial charge in [-0.2, -0.15) is 0 Å². The monoisotopic (exact) mass is 354 g/mol. The molecule has 1 saturated heterocycles. The zero-order chi connectivity index (χ0) is 16.7. The Morgan fingerprint density at radius 1 is 1.38 bits per heavy atom. The normalized spacial score (nSPS) is 30.3. The molecule has 0 radical (unpaired) electrons. The highest BCUT2D eigenvalue weighted by atomic mass is 35.5. The number of ether oxygens (including phenoxy) is 2. The highest BCUT2D eigenvalue weighted by Crippen LogP contribution is 2.57. The summed E-state index contributed by atoms with van der Waals surface area (Å²) < 4.78 is 11.0. The third-order valence-electron chi connectivity index (χ3n) is 5.67. The van der Waals surface area contributed by atoms with E-state index < -0.39 is 5.54 Å². The van der Waals surface area contributed by atoms with Crippen molar-refractivity contribution < 1.29 is 14.3 Å². The molecule has 24 heavy (non-hydrogen) atoms. The predicted molar refractivity (Wildman–Crippen MR) is 95.3 cm³/mol. The van der Waals surface area contributed by atoms with E-state index in [0.29, 0.717) is 6.54 Å². The van der Waals surface area contributed by atoms with Crippen molar-refractivity contribution in [2.75, 3.05) is 13.7 Å². The lowest BCUT2D eigenvalue weighted by atomic mass is 9.46. The summed E-state index contributed by atoms with van der Waals surface area (Å²) in [5, 5.41) is 3.01. The zero-order valence-corrected chi connectivity index (χ0v) is 15.3. The molecule has 1 aromatic carbocycles. The van der Waals surface area contributed by atoms with Gasteiger partial charge in [-0.15, -0.1) is 12.4 Å². The molecule has 0 spiro atoms. The van der Waals surface area contributed by atoms with Gasteiger partial charge in [0.1, 0.15) is 11.3 Å². The SMILES string of the molecule is COc1ccc(CNC(=O)C2(N)C3CCCOC3C2(C)C)cc1.Cl. The summed E-state index contributed by atoms with van der Waals surface area (Å²) in [6.45, 7) is 5.31. The van der Waals surface area contributed by atoms with Gasteiger partial charge in [0.15, 0.2) is 0 Å². The molecule has 0 bridgehead atoms. The van der Waals surface area contributed by atoms with Crippen LogP contribution in [0.4, 0.5) is 0 Å². The Hall–Kier alpha value is -1.30. The molecule has 3 unspecified atom stereocenters. The minimum absolute atomic E-state index is 0. The van der Waals surface area contributed by atoms with Gasteiger partial charge >= 0.3 is 0 Å². The maximum atomic E-state index is 12.8. The minimum atomic E-state index is -0.857. The number of hydrogen-bond acceptors (Lipinski definition) is 4. The highest BCUT2D eigenvalue weighted by Gasteiger charge is 2.70. The molecular formula is C18H27ClN2O3. The molecule has 1 heterocycles. The van der Waals surface area contributed by atoms with Crippen molar-refractivity contribution in [3.8, 4) is 5.75 Å². The van der Waals surface area contributed by atoms with Gasteiger partial charge in [0.2, 0.25) is 5.91 Å². The molecule has 6 heteroatoms. The highest BCUT2D eigenvalue weighted by molar-refractivity contribution is 5.89. The summed E-state index contributed by atoms with van der Waals surface area (Å²) >= 11 is 0. The van der Waals surface area contributed by atoms with Crippen LogP contribution in [0.25, 0.3) is 0 Å². The Kier molecular flexibility index (Phi) is 5.47. The van der Waals surface area contributed by atoms with Crippen LogP contribution in [-0.2, 0) is 16.1 Å². The van der Waals surface area contributed by atoms with E-state index in [1.807, 2.05) is 38.1 Å². The third-order valence-corrected chi connectivity index (χ3v) is 5.67. The molecule has 3 rings (SSSR count). The van der Waals surface area contributed by atoms with E-state index in [2.05, 4.69) is 5.32 Å². The number of carbonyl (C=O) groups excluding carboxylic acids is 1. The van der Waals surface area contributed by atoms with Crippen LogP contribution in [0.2, 0.25) is 0 Å². The van der Waals surface area contributed by atoms with Crippen molar-refractivity contribution in [2.45, 2.75) is 44.9 Å². The Morgan fingerprint density at radius 2 is 2.04 bits per heavy atom. The van der Waals surface area contributed by atoms with Crippen LogP contribution in [0.15, 0.2) is 24.3 Å². The third kappa shape index (κ3) is 2.79. The number of nitrogens with two attached hydrogens (primary N) is 1. The van der Waals surface area contributed by atoms with E-state index in [-0.39, 0.29) is 35.8 Å². The lowest BCUT2D eigenvalue weighted by molar-refractivity contribution is -0.225. The largest absolute Gasteiger partial charge is 0.497 e. The molecule has 1 saturated carbocycles. The van der Waals surface area contributed by atoms with Crippen molar-refractivity contribution in [3.63, 3.8) is 0 Å². The molecule has 2 aliphatic rings. The fourth-order valence-corrected chi connectivity index (χ4v) is 4.11. The topological polar surface area (TPSA) is 73.6 Å². The number of methoxy groups -OCH3 is 1. The molecule has 3 N–H and O–H groups in total. The van der Waals surface area contributed by atoms with Crippen molar-refractivity contribution in [3.05, 3.63) is 29.8 Å². The predicted octanol–water partition coefficient (Wildman–Crippen LogP) is 2.27. The fraction of sp³-hybridized carbons (Fsp3) is 0.611. The molecule has 2 fully saturated rings. The van der Waals surface area contributed by atoms with Crippen LogP contribution in [0, 0.1) is 11.3 Å². The average molecular weight is 355 g/mol. The second-order valence-electron chi connectivity index (χ2n) is 7.16. The quantitative estimate of drug-likeness (QED) is 0.869. The van der Waals surface area contributed by atoms with Gasteiger partial charge in [-0.3, -0.25) is 4.79 Å². The number of nitrogens with one attached hydrogen (secondary N) is 1. The van der Waals surface area contributed by atoms with Gasteiger partial charge < -0.3 is 20.5 Å². The van der Waals surface area contributed by atoms with E-state index in [0.717, 1.165) is 30.8 Å². The summed E-state index contributed by atoms with van der Waals surface area (Å²) in [5.74, 6) is 0.838. The molecule has 1 aromatic rings. The molecule has 5 nitrogen and oxygen atoms in total. The van der Waals surface area contributed by atoms with Gasteiger partial charge in [0.25, 0.3) is 0 Å². The van der Waals surface area contributed by atoms with Crippen molar-refractivity contribution in [2.24, 2.45) is 17.1 Å². The average Bonchev–Trinajstić information content (AvgIpc) is 2.59. The Bertz CT molecular complexity index is 590. The molecule has 1 amide bonds.